The zero-order chi connectivity index (χ0) is 16.8. The SMILES string of the molecule is COc1cc(CCNC(=O)OC(C)(C)C)ccc1NC(N)=S. The van der Waals surface area contributed by atoms with Gasteiger partial charge in [0.2, 0.25) is 0 Å². The van der Waals surface area contributed by atoms with Gasteiger partial charge in [-0.15, -0.1) is 0 Å². The van der Waals surface area contributed by atoms with Crippen LogP contribution in [0.3, 0.4) is 0 Å². The van der Waals surface area contributed by atoms with E-state index < -0.39 is 11.7 Å². The second kappa shape index (κ2) is 7.84. The number of alkyl carbamates (subject to hydrolysis) is 1. The maximum Gasteiger partial charge on any atom is 0.407 e. The molecule has 1 rings (SSSR count). The van der Waals surface area contributed by atoms with Gasteiger partial charge in [-0.1, -0.05) is 6.07 Å². The maximum atomic E-state index is 11.6. The number of nitrogens with one attached hydrogen (secondary N) is 2. The van der Waals surface area contributed by atoms with Gasteiger partial charge in [0, 0.05) is 6.54 Å². The number of ether oxygens (including phenoxy) is 2. The van der Waals surface area contributed by atoms with Gasteiger partial charge in [-0.25, -0.2) is 4.79 Å². The minimum absolute atomic E-state index is 0.178. The van der Waals surface area contributed by atoms with Crippen molar-refractivity contribution in [3.63, 3.8) is 0 Å². The van der Waals surface area contributed by atoms with E-state index in [1.165, 1.54) is 0 Å². The fourth-order valence-electron chi connectivity index (χ4n) is 1.75. The van der Waals surface area contributed by atoms with E-state index in [2.05, 4.69) is 10.6 Å². The summed E-state index contributed by atoms with van der Waals surface area (Å²) in [5, 5.41) is 5.74. The van der Waals surface area contributed by atoms with Crippen molar-refractivity contribution >= 4 is 29.1 Å². The second-order valence-electron chi connectivity index (χ2n) is 5.70. The highest BCUT2D eigenvalue weighted by molar-refractivity contribution is 7.80. The number of carbonyl (C=O) groups is 1. The monoisotopic (exact) mass is 325 g/mol. The van der Waals surface area contributed by atoms with Gasteiger partial charge in [0.1, 0.15) is 11.4 Å². The molecule has 0 aliphatic carbocycles. The van der Waals surface area contributed by atoms with Crippen LogP contribution in [0.5, 0.6) is 5.75 Å². The van der Waals surface area contributed by atoms with Crippen molar-refractivity contribution in [2.75, 3.05) is 19.0 Å². The maximum absolute atomic E-state index is 11.6. The van der Waals surface area contributed by atoms with Crippen LogP contribution in [-0.4, -0.2) is 30.5 Å². The number of hydrogen-bond donors (Lipinski definition) is 3. The molecule has 0 fully saturated rings. The second-order valence-corrected chi connectivity index (χ2v) is 6.14. The van der Waals surface area contributed by atoms with Gasteiger partial charge in [-0.2, -0.15) is 0 Å². The summed E-state index contributed by atoms with van der Waals surface area (Å²) in [6.07, 6.45) is 0.231. The molecule has 0 unspecified atom stereocenters. The topological polar surface area (TPSA) is 85.6 Å². The Labute approximate surface area is 136 Å². The number of hydrogen-bond acceptors (Lipinski definition) is 4. The molecule has 0 aliphatic rings. The quantitative estimate of drug-likeness (QED) is 0.721. The van der Waals surface area contributed by atoms with Gasteiger partial charge in [-0.3, -0.25) is 0 Å². The first kappa shape index (κ1) is 18.0. The molecule has 1 aromatic carbocycles. The van der Waals surface area contributed by atoms with Crippen molar-refractivity contribution in [3.05, 3.63) is 23.8 Å². The Morgan fingerprint density at radius 3 is 2.59 bits per heavy atom. The van der Waals surface area contributed by atoms with Crippen molar-refractivity contribution < 1.29 is 14.3 Å². The molecular weight excluding hydrogens is 302 g/mol. The van der Waals surface area contributed by atoms with Crippen LogP contribution in [0.25, 0.3) is 0 Å². The Hall–Kier alpha value is -2.02. The highest BCUT2D eigenvalue weighted by Gasteiger charge is 2.15. The van der Waals surface area contributed by atoms with Gasteiger partial charge in [0.25, 0.3) is 0 Å². The third kappa shape index (κ3) is 6.62. The first-order chi connectivity index (χ1) is 10.2. The van der Waals surface area contributed by atoms with E-state index in [4.69, 9.17) is 27.4 Å². The molecular formula is C15H23N3O3S. The standard InChI is InChI=1S/C15H23N3O3S/c1-15(2,3)21-14(19)17-8-7-10-5-6-11(18-13(16)22)12(9-10)20-4/h5-6,9H,7-8H2,1-4H3,(H,17,19)(H3,16,18,22). The van der Waals surface area contributed by atoms with Crippen LogP contribution >= 0.6 is 12.2 Å². The Bertz CT molecular complexity index is 541. The van der Waals surface area contributed by atoms with Gasteiger partial charge in [-0.05, 0) is 57.1 Å². The van der Waals surface area contributed by atoms with Crippen LogP contribution < -0.4 is 21.1 Å². The first-order valence-corrected chi connectivity index (χ1v) is 7.32. The summed E-state index contributed by atoms with van der Waals surface area (Å²) < 4.78 is 10.5. The lowest BCUT2D eigenvalue weighted by molar-refractivity contribution is 0.0528. The van der Waals surface area contributed by atoms with Crippen LogP contribution in [0.4, 0.5) is 10.5 Å². The number of anilines is 1. The molecule has 0 saturated heterocycles. The smallest absolute Gasteiger partial charge is 0.407 e. The Kier molecular flexibility index (Phi) is 6.42. The van der Waals surface area contributed by atoms with Gasteiger partial charge in [0.15, 0.2) is 5.11 Å². The number of methoxy groups -OCH3 is 1. The van der Waals surface area contributed by atoms with Crippen LogP contribution in [-0.2, 0) is 11.2 Å². The lowest BCUT2D eigenvalue weighted by Crippen LogP contribution is -2.33. The highest BCUT2D eigenvalue weighted by Crippen LogP contribution is 2.25. The fourth-order valence-corrected chi connectivity index (χ4v) is 1.86. The number of carbonyl (C=O) groups excluding carboxylic acids is 1. The van der Waals surface area contributed by atoms with E-state index in [0.29, 0.717) is 24.4 Å². The largest absolute Gasteiger partial charge is 0.495 e. The molecule has 122 valence electrons. The number of amides is 1. The number of benzene rings is 1. The average molecular weight is 325 g/mol. The molecule has 0 radical (unpaired) electrons. The molecule has 0 saturated carbocycles. The zero-order valence-corrected chi connectivity index (χ0v) is 14.2. The Balaban J connectivity index is 2.56. The van der Waals surface area contributed by atoms with Gasteiger partial charge >= 0.3 is 6.09 Å². The van der Waals surface area contributed by atoms with Crippen molar-refractivity contribution in [1.82, 2.24) is 5.32 Å². The van der Waals surface area contributed by atoms with Crippen molar-refractivity contribution in [2.24, 2.45) is 5.73 Å². The Morgan fingerprint density at radius 1 is 1.36 bits per heavy atom. The summed E-state index contributed by atoms with van der Waals surface area (Å²) >= 11 is 4.81. The van der Waals surface area contributed by atoms with Crippen molar-refractivity contribution in [1.29, 1.82) is 0 Å². The van der Waals surface area contributed by atoms with E-state index in [9.17, 15) is 4.79 Å². The van der Waals surface area contributed by atoms with Crippen LogP contribution in [0.1, 0.15) is 26.3 Å². The first-order valence-electron chi connectivity index (χ1n) is 6.91. The third-order valence-corrected chi connectivity index (χ3v) is 2.71. The minimum atomic E-state index is -0.499. The molecule has 6 nitrogen and oxygen atoms in total. The predicted molar refractivity (Wildman–Crippen MR) is 91.3 cm³/mol. The van der Waals surface area contributed by atoms with Crippen molar-refractivity contribution in [3.8, 4) is 5.75 Å². The fraction of sp³-hybridized carbons (Fsp3) is 0.467. The molecule has 0 atom stereocenters. The van der Waals surface area contributed by atoms with Crippen LogP contribution in [0.15, 0.2) is 18.2 Å². The van der Waals surface area contributed by atoms with Gasteiger partial charge in [0.05, 0.1) is 12.8 Å². The molecule has 0 bridgehead atoms. The molecule has 0 spiro atoms. The summed E-state index contributed by atoms with van der Waals surface area (Å²) in [5.74, 6) is 0.641. The number of rotatable bonds is 5. The molecule has 4 N–H and O–H groups in total. The van der Waals surface area contributed by atoms with E-state index >= 15 is 0 Å². The molecule has 0 aliphatic heterocycles. The lowest BCUT2D eigenvalue weighted by atomic mass is 10.1. The average Bonchev–Trinajstić information content (AvgIpc) is 2.37. The molecule has 1 aromatic rings. The van der Waals surface area contributed by atoms with Gasteiger partial charge < -0.3 is 25.8 Å². The molecule has 7 heteroatoms. The number of nitrogens with two attached hydrogens (primary N) is 1. The highest BCUT2D eigenvalue weighted by atomic mass is 32.1. The summed E-state index contributed by atoms with van der Waals surface area (Å²) in [5.41, 5.74) is 6.68. The molecule has 1 amide bonds. The zero-order valence-electron chi connectivity index (χ0n) is 13.4. The molecule has 0 aromatic heterocycles. The van der Waals surface area contributed by atoms with Crippen LogP contribution in [0, 0.1) is 0 Å². The van der Waals surface area contributed by atoms with E-state index in [-0.39, 0.29) is 5.11 Å². The number of thiocarbonyl (C=S) groups is 1. The minimum Gasteiger partial charge on any atom is -0.495 e. The summed E-state index contributed by atoms with van der Waals surface area (Å²) in [6, 6.07) is 5.62. The predicted octanol–water partition coefficient (Wildman–Crippen LogP) is 2.42. The van der Waals surface area contributed by atoms with Crippen molar-refractivity contribution in [2.45, 2.75) is 32.8 Å². The van der Waals surface area contributed by atoms with E-state index in [0.717, 1.165) is 5.56 Å². The summed E-state index contributed by atoms with van der Waals surface area (Å²) in [4.78, 5) is 11.6. The van der Waals surface area contributed by atoms with E-state index in [1.807, 2.05) is 39.0 Å². The van der Waals surface area contributed by atoms with Crippen LogP contribution in [0.2, 0.25) is 0 Å². The lowest BCUT2D eigenvalue weighted by Gasteiger charge is -2.19. The molecule has 0 heterocycles. The summed E-state index contributed by atoms with van der Waals surface area (Å²) in [6.45, 7) is 5.95. The molecule has 22 heavy (non-hydrogen) atoms. The third-order valence-electron chi connectivity index (χ3n) is 2.61. The summed E-state index contributed by atoms with van der Waals surface area (Å²) in [7, 11) is 1.57. The van der Waals surface area contributed by atoms with E-state index in [1.54, 1.807) is 7.11 Å². The Morgan fingerprint density at radius 2 is 2.05 bits per heavy atom. The normalized spacial score (nSPS) is 10.7.